The van der Waals surface area contributed by atoms with E-state index in [1.165, 1.54) is 54.6 Å². The van der Waals surface area contributed by atoms with Gasteiger partial charge in [0.15, 0.2) is 0 Å². The molecule has 0 fully saturated rings. The van der Waals surface area contributed by atoms with Crippen LogP contribution >= 0.6 is 0 Å². The van der Waals surface area contributed by atoms with Gasteiger partial charge in [0.25, 0.3) is 0 Å². The summed E-state index contributed by atoms with van der Waals surface area (Å²) in [5.41, 5.74) is 9.83. The Hall–Kier alpha value is -6.64. The summed E-state index contributed by atoms with van der Waals surface area (Å²) in [5.74, 6) is 0. The minimum atomic E-state index is 0.880. The normalized spacial score (nSPS) is 11.6. The number of benzene rings is 9. The number of hydrogen-bond acceptors (Lipinski definition) is 2. The highest BCUT2D eigenvalue weighted by Crippen LogP contribution is 2.51. The first-order valence-corrected chi connectivity index (χ1v) is 17.1. The Bertz CT molecular complexity index is 2880. The summed E-state index contributed by atoms with van der Waals surface area (Å²) in [4.78, 5) is 2.47. The third kappa shape index (κ3) is 4.50. The number of fused-ring (bicyclic) bond motifs is 7. The first-order valence-electron chi connectivity index (χ1n) is 17.1. The molecule has 2 heteroatoms. The highest BCUT2D eigenvalue weighted by atomic mass is 16.3. The van der Waals surface area contributed by atoms with E-state index in [2.05, 4.69) is 181 Å². The molecule has 0 aliphatic carbocycles. The van der Waals surface area contributed by atoms with Crippen LogP contribution in [-0.2, 0) is 0 Å². The maximum Gasteiger partial charge on any atom is 0.135 e. The molecule has 0 aliphatic rings. The molecule has 0 aliphatic heterocycles. The van der Waals surface area contributed by atoms with E-state index in [1.54, 1.807) is 0 Å². The van der Waals surface area contributed by atoms with Crippen molar-refractivity contribution in [2.75, 3.05) is 4.90 Å². The van der Waals surface area contributed by atoms with Crippen LogP contribution in [0.4, 0.5) is 17.1 Å². The van der Waals surface area contributed by atoms with Crippen molar-refractivity contribution in [3.8, 4) is 22.3 Å². The van der Waals surface area contributed by atoms with E-state index < -0.39 is 0 Å². The van der Waals surface area contributed by atoms with Gasteiger partial charge in [-0.25, -0.2) is 0 Å². The maximum absolute atomic E-state index is 6.33. The lowest BCUT2D eigenvalue weighted by atomic mass is 9.88. The monoisotopic (exact) mass is 637 g/mol. The molecule has 50 heavy (non-hydrogen) atoms. The fraction of sp³-hybridized carbons (Fsp3) is 0. The van der Waals surface area contributed by atoms with Crippen molar-refractivity contribution in [1.82, 2.24) is 0 Å². The van der Waals surface area contributed by atoms with Gasteiger partial charge < -0.3 is 9.32 Å². The second-order valence-electron chi connectivity index (χ2n) is 12.9. The van der Waals surface area contributed by atoms with E-state index in [1.807, 2.05) is 12.1 Å². The van der Waals surface area contributed by atoms with Crippen molar-refractivity contribution >= 4 is 71.3 Å². The summed E-state index contributed by atoms with van der Waals surface area (Å²) in [6.07, 6.45) is 0. The summed E-state index contributed by atoms with van der Waals surface area (Å²) in [7, 11) is 0. The van der Waals surface area contributed by atoms with Gasteiger partial charge in [0.05, 0.1) is 5.69 Å². The molecule has 0 amide bonds. The van der Waals surface area contributed by atoms with Crippen molar-refractivity contribution in [2.24, 2.45) is 0 Å². The molecular formula is C48H31NO. The molecule has 0 atom stereocenters. The molecule has 0 spiro atoms. The second kappa shape index (κ2) is 11.5. The van der Waals surface area contributed by atoms with Gasteiger partial charge in [-0.05, 0) is 80.0 Å². The fourth-order valence-electron chi connectivity index (χ4n) is 7.79. The van der Waals surface area contributed by atoms with Gasteiger partial charge in [-0.2, -0.15) is 0 Å². The Morgan fingerprint density at radius 2 is 0.920 bits per heavy atom. The molecular weight excluding hydrogens is 607 g/mol. The van der Waals surface area contributed by atoms with Crippen LogP contribution in [-0.4, -0.2) is 0 Å². The average Bonchev–Trinajstić information content (AvgIpc) is 3.56. The SMILES string of the molecule is c1ccc(-c2cccc(N(c3ccc4oc5ccccc5c4c3)c3c(-c4cccc5ccccc45)c4ccccc4c4ccccc34)c2)cc1. The molecule has 0 bridgehead atoms. The number of anilines is 3. The Kier molecular flexibility index (Phi) is 6.53. The van der Waals surface area contributed by atoms with Crippen LogP contribution in [0, 0.1) is 0 Å². The largest absolute Gasteiger partial charge is 0.456 e. The molecule has 0 unspecified atom stereocenters. The number of nitrogens with zero attached hydrogens (tertiary/aromatic N) is 1. The van der Waals surface area contributed by atoms with Crippen LogP contribution in [0.25, 0.3) is 76.5 Å². The molecule has 10 aromatic rings. The molecule has 9 aromatic carbocycles. The van der Waals surface area contributed by atoms with Gasteiger partial charge in [0.2, 0.25) is 0 Å². The van der Waals surface area contributed by atoms with Crippen LogP contribution in [0.2, 0.25) is 0 Å². The van der Waals surface area contributed by atoms with Gasteiger partial charge >= 0.3 is 0 Å². The third-order valence-electron chi connectivity index (χ3n) is 10.0. The zero-order valence-corrected chi connectivity index (χ0v) is 27.3. The Labute approximate surface area is 290 Å². The molecule has 10 rings (SSSR count). The first-order chi connectivity index (χ1) is 24.8. The minimum Gasteiger partial charge on any atom is -0.456 e. The molecule has 234 valence electrons. The molecule has 2 nitrogen and oxygen atoms in total. The lowest BCUT2D eigenvalue weighted by Crippen LogP contribution is -2.12. The fourth-order valence-corrected chi connectivity index (χ4v) is 7.79. The van der Waals surface area contributed by atoms with Crippen LogP contribution in [0.5, 0.6) is 0 Å². The Morgan fingerprint density at radius 3 is 1.76 bits per heavy atom. The summed E-state index contributed by atoms with van der Waals surface area (Å²) in [5, 5.41) is 9.53. The summed E-state index contributed by atoms with van der Waals surface area (Å²) < 4.78 is 6.33. The van der Waals surface area contributed by atoms with Gasteiger partial charge in [-0.1, -0.05) is 152 Å². The van der Waals surface area contributed by atoms with E-state index in [0.717, 1.165) is 39.0 Å². The van der Waals surface area contributed by atoms with E-state index in [-0.39, 0.29) is 0 Å². The number of rotatable bonds is 5. The minimum absolute atomic E-state index is 0.880. The topological polar surface area (TPSA) is 16.4 Å². The van der Waals surface area contributed by atoms with E-state index in [0.29, 0.717) is 0 Å². The highest BCUT2D eigenvalue weighted by Gasteiger charge is 2.25. The first kappa shape index (κ1) is 28.4. The maximum atomic E-state index is 6.33. The Balaban J connectivity index is 1.37. The van der Waals surface area contributed by atoms with Gasteiger partial charge in [-0.15, -0.1) is 0 Å². The summed E-state index contributed by atoms with van der Waals surface area (Å²) in [6.45, 7) is 0. The molecule has 0 N–H and O–H groups in total. The average molecular weight is 638 g/mol. The molecule has 0 radical (unpaired) electrons. The zero-order chi connectivity index (χ0) is 33.0. The molecule has 0 saturated heterocycles. The second-order valence-corrected chi connectivity index (χ2v) is 12.9. The standard InChI is InChI=1S/C48H31NO/c1-2-14-32(15-3-1)34-18-12-19-35(30-34)49(36-28-29-46-44(31-36)40-23-10-11-27-45(40)50-46)48-43-25-9-7-22-39(43)38-21-6-8-24-42(38)47(48)41-26-13-17-33-16-4-5-20-37(33)41/h1-31H. The summed E-state index contributed by atoms with van der Waals surface area (Å²) in [6, 6.07) is 67.7. The third-order valence-corrected chi connectivity index (χ3v) is 10.0. The van der Waals surface area contributed by atoms with Crippen LogP contribution in [0.1, 0.15) is 0 Å². The lowest BCUT2D eigenvalue weighted by molar-refractivity contribution is 0.669. The van der Waals surface area contributed by atoms with E-state index >= 15 is 0 Å². The number of para-hydroxylation sites is 1. The smallest absolute Gasteiger partial charge is 0.135 e. The van der Waals surface area contributed by atoms with Crippen molar-refractivity contribution in [2.45, 2.75) is 0 Å². The number of hydrogen-bond donors (Lipinski definition) is 0. The molecule has 0 saturated carbocycles. The van der Waals surface area contributed by atoms with Crippen molar-refractivity contribution in [1.29, 1.82) is 0 Å². The van der Waals surface area contributed by atoms with Crippen molar-refractivity contribution < 1.29 is 4.42 Å². The Morgan fingerprint density at radius 1 is 0.340 bits per heavy atom. The molecule has 1 aromatic heterocycles. The number of furan rings is 1. The van der Waals surface area contributed by atoms with E-state index in [4.69, 9.17) is 4.42 Å². The summed E-state index contributed by atoms with van der Waals surface area (Å²) >= 11 is 0. The lowest BCUT2D eigenvalue weighted by Gasteiger charge is -2.31. The van der Waals surface area contributed by atoms with Crippen LogP contribution in [0.15, 0.2) is 192 Å². The molecule has 1 heterocycles. The predicted molar refractivity (Wildman–Crippen MR) is 212 cm³/mol. The van der Waals surface area contributed by atoms with Crippen molar-refractivity contribution in [3.05, 3.63) is 188 Å². The zero-order valence-electron chi connectivity index (χ0n) is 27.3. The van der Waals surface area contributed by atoms with Gasteiger partial charge in [0, 0.05) is 33.1 Å². The predicted octanol–water partition coefficient (Wildman–Crippen LogP) is 13.8. The van der Waals surface area contributed by atoms with Crippen molar-refractivity contribution in [3.63, 3.8) is 0 Å². The van der Waals surface area contributed by atoms with Crippen LogP contribution in [0.3, 0.4) is 0 Å². The van der Waals surface area contributed by atoms with Crippen LogP contribution < -0.4 is 4.90 Å². The highest BCUT2D eigenvalue weighted by molar-refractivity contribution is 6.24. The van der Waals surface area contributed by atoms with Gasteiger partial charge in [0.1, 0.15) is 11.2 Å². The van der Waals surface area contributed by atoms with E-state index in [9.17, 15) is 0 Å². The quantitative estimate of drug-likeness (QED) is 0.175. The van der Waals surface area contributed by atoms with Gasteiger partial charge in [-0.3, -0.25) is 0 Å².